The number of sulfone groups is 1. The minimum Gasteiger partial charge on any atom is -0.335 e. The molecule has 1 unspecified atom stereocenters. The minimum atomic E-state index is -3.04. The van der Waals surface area contributed by atoms with Gasteiger partial charge < -0.3 is 4.90 Å². The van der Waals surface area contributed by atoms with Crippen LogP contribution in [0.4, 0.5) is 0 Å². The third-order valence-electron chi connectivity index (χ3n) is 5.97. The van der Waals surface area contributed by atoms with Crippen molar-refractivity contribution in [2.24, 2.45) is 0 Å². The summed E-state index contributed by atoms with van der Waals surface area (Å²) >= 11 is 0. The molecule has 1 saturated heterocycles. The van der Waals surface area contributed by atoms with Gasteiger partial charge in [0.15, 0.2) is 9.84 Å². The lowest BCUT2D eigenvalue weighted by Gasteiger charge is -2.27. The number of amides is 1. The molecule has 0 spiro atoms. The first-order valence-electron chi connectivity index (χ1n) is 11.0. The summed E-state index contributed by atoms with van der Waals surface area (Å²) in [5.74, 6) is 0.116. The maximum Gasteiger partial charge on any atom is 0.246 e. The zero-order chi connectivity index (χ0) is 22.6. The van der Waals surface area contributed by atoms with Gasteiger partial charge in [-0.25, -0.2) is 8.42 Å². The van der Waals surface area contributed by atoms with Gasteiger partial charge in [-0.2, -0.15) is 5.10 Å². The zero-order valence-corrected chi connectivity index (χ0v) is 19.8. The highest BCUT2D eigenvalue weighted by atomic mass is 32.2. The molecule has 0 saturated carbocycles. The average Bonchev–Trinajstić information content (AvgIpc) is 3.20. The molecule has 1 aromatic carbocycles. The number of aromatic nitrogens is 2. The molecule has 6 nitrogen and oxygen atoms in total. The smallest absolute Gasteiger partial charge is 0.246 e. The first kappa shape index (κ1) is 23.3. The van der Waals surface area contributed by atoms with Gasteiger partial charge in [-0.05, 0) is 45.3 Å². The summed E-state index contributed by atoms with van der Waals surface area (Å²) in [6, 6.07) is 8.17. The fraction of sp³-hybridized carbons (Fsp3) is 0.500. The molecule has 1 atom stereocenters. The predicted octanol–water partition coefficient (Wildman–Crippen LogP) is 3.69. The summed E-state index contributed by atoms with van der Waals surface area (Å²) in [6.07, 6.45) is 5.75. The second-order valence-electron chi connectivity index (χ2n) is 8.50. The van der Waals surface area contributed by atoms with Crippen molar-refractivity contribution in [1.82, 2.24) is 14.7 Å². The van der Waals surface area contributed by atoms with Gasteiger partial charge in [0, 0.05) is 29.9 Å². The number of carbonyl (C=O) groups excluding carboxylic acids is 1. The van der Waals surface area contributed by atoms with E-state index in [0.717, 1.165) is 29.8 Å². The number of carbonyl (C=O) groups is 1. The molecule has 1 aliphatic heterocycles. The van der Waals surface area contributed by atoms with Crippen LogP contribution in [0.2, 0.25) is 0 Å². The van der Waals surface area contributed by atoms with E-state index in [4.69, 9.17) is 0 Å². The Balaban J connectivity index is 1.76. The second kappa shape index (κ2) is 9.81. The second-order valence-corrected chi connectivity index (χ2v) is 10.7. The van der Waals surface area contributed by atoms with Gasteiger partial charge in [0.05, 0.1) is 23.7 Å². The van der Waals surface area contributed by atoms with Crippen LogP contribution in [0.25, 0.3) is 6.08 Å². The lowest BCUT2D eigenvalue weighted by molar-refractivity contribution is -0.127. The van der Waals surface area contributed by atoms with Gasteiger partial charge in [0.25, 0.3) is 0 Å². The monoisotopic (exact) mass is 443 g/mol. The molecule has 2 aromatic rings. The van der Waals surface area contributed by atoms with Gasteiger partial charge in [-0.1, -0.05) is 43.2 Å². The van der Waals surface area contributed by atoms with E-state index in [1.807, 2.05) is 24.6 Å². The standard InChI is InChI=1S/C24H33N3O3S/c1-5-6-14-26(22-13-15-31(29,30)17-22)24(28)12-11-23-19(3)25-27(20(23)4)16-21-9-7-18(2)8-10-21/h7-12,22H,5-6,13-17H2,1-4H3/b12-11+. The highest BCUT2D eigenvalue weighted by Crippen LogP contribution is 2.21. The molecule has 168 valence electrons. The number of benzene rings is 1. The fourth-order valence-electron chi connectivity index (χ4n) is 4.05. The molecular formula is C24H33N3O3S. The SMILES string of the molecule is CCCCN(C(=O)/C=C/c1c(C)nn(Cc2ccc(C)cc2)c1C)C1CCS(=O)(=O)C1. The molecule has 7 heteroatoms. The Morgan fingerprint density at radius 3 is 2.55 bits per heavy atom. The number of hydrogen-bond acceptors (Lipinski definition) is 4. The van der Waals surface area contributed by atoms with E-state index < -0.39 is 9.84 Å². The van der Waals surface area contributed by atoms with E-state index in [9.17, 15) is 13.2 Å². The predicted molar refractivity (Wildman–Crippen MR) is 125 cm³/mol. The largest absolute Gasteiger partial charge is 0.335 e. The number of aryl methyl sites for hydroxylation is 2. The first-order valence-corrected chi connectivity index (χ1v) is 12.8. The third-order valence-corrected chi connectivity index (χ3v) is 7.72. The molecule has 1 aliphatic rings. The van der Waals surface area contributed by atoms with Crippen molar-refractivity contribution >= 4 is 21.8 Å². The highest BCUT2D eigenvalue weighted by molar-refractivity contribution is 7.91. The first-order chi connectivity index (χ1) is 14.7. The Kier molecular flexibility index (Phi) is 7.36. The van der Waals surface area contributed by atoms with Gasteiger partial charge in [0.2, 0.25) is 5.91 Å². The average molecular weight is 444 g/mol. The molecule has 0 aliphatic carbocycles. The molecule has 1 amide bonds. The summed E-state index contributed by atoms with van der Waals surface area (Å²) in [5, 5.41) is 4.66. The van der Waals surface area contributed by atoms with Crippen molar-refractivity contribution in [3.63, 3.8) is 0 Å². The summed E-state index contributed by atoms with van der Waals surface area (Å²) < 4.78 is 25.8. The maximum absolute atomic E-state index is 13.0. The van der Waals surface area contributed by atoms with E-state index in [1.54, 1.807) is 11.0 Å². The van der Waals surface area contributed by atoms with Crippen LogP contribution in [-0.4, -0.2) is 53.1 Å². The Hall–Kier alpha value is -2.41. The Bertz CT molecular complexity index is 1050. The molecule has 31 heavy (non-hydrogen) atoms. The van der Waals surface area contributed by atoms with Crippen molar-refractivity contribution in [1.29, 1.82) is 0 Å². The van der Waals surface area contributed by atoms with Crippen molar-refractivity contribution in [3.8, 4) is 0 Å². The van der Waals surface area contributed by atoms with E-state index >= 15 is 0 Å². The van der Waals surface area contributed by atoms with Crippen molar-refractivity contribution in [3.05, 3.63) is 58.4 Å². The summed E-state index contributed by atoms with van der Waals surface area (Å²) in [7, 11) is -3.04. The lowest BCUT2D eigenvalue weighted by Crippen LogP contribution is -2.40. The van der Waals surface area contributed by atoms with Gasteiger partial charge in [-0.15, -0.1) is 0 Å². The maximum atomic E-state index is 13.0. The fourth-order valence-corrected chi connectivity index (χ4v) is 5.78. The van der Waals surface area contributed by atoms with E-state index in [0.29, 0.717) is 19.5 Å². The van der Waals surface area contributed by atoms with E-state index in [2.05, 4.69) is 43.2 Å². The number of nitrogens with zero attached hydrogens (tertiary/aromatic N) is 3. The van der Waals surface area contributed by atoms with Crippen LogP contribution in [-0.2, 0) is 21.2 Å². The molecule has 1 aromatic heterocycles. The van der Waals surface area contributed by atoms with E-state index in [-0.39, 0.29) is 23.5 Å². The van der Waals surface area contributed by atoms with Crippen molar-refractivity contribution in [2.75, 3.05) is 18.1 Å². The van der Waals surface area contributed by atoms with Crippen LogP contribution in [0.15, 0.2) is 30.3 Å². The number of unbranched alkanes of at least 4 members (excludes halogenated alkanes) is 1. The normalized spacial score (nSPS) is 18.0. The van der Waals surface area contributed by atoms with E-state index in [1.165, 1.54) is 11.1 Å². The minimum absolute atomic E-state index is 0.0723. The summed E-state index contributed by atoms with van der Waals surface area (Å²) in [4.78, 5) is 14.7. The van der Waals surface area contributed by atoms with Crippen molar-refractivity contribution < 1.29 is 13.2 Å². The summed E-state index contributed by atoms with van der Waals surface area (Å²) in [5.41, 5.74) is 5.22. The molecule has 0 N–H and O–H groups in total. The summed E-state index contributed by atoms with van der Waals surface area (Å²) in [6.45, 7) is 9.36. The molecule has 0 bridgehead atoms. The Morgan fingerprint density at radius 2 is 1.94 bits per heavy atom. The van der Waals surface area contributed by atoms with Crippen LogP contribution in [0.5, 0.6) is 0 Å². The number of hydrogen-bond donors (Lipinski definition) is 0. The van der Waals surface area contributed by atoms with Crippen LogP contribution >= 0.6 is 0 Å². The Morgan fingerprint density at radius 1 is 1.23 bits per heavy atom. The molecular weight excluding hydrogens is 410 g/mol. The van der Waals surface area contributed by atoms with Crippen LogP contribution in [0, 0.1) is 20.8 Å². The quantitative estimate of drug-likeness (QED) is 0.584. The Labute approximate surface area is 185 Å². The van der Waals surface area contributed by atoms with Crippen LogP contribution < -0.4 is 0 Å². The third kappa shape index (κ3) is 5.85. The molecule has 0 radical (unpaired) electrons. The van der Waals surface area contributed by atoms with Crippen LogP contribution in [0.1, 0.15) is 54.3 Å². The lowest BCUT2D eigenvalue weighted by atomic mass is 10.1. The van der Waals surface area contributed by atoms with Crippen LogP contribution in [0.3, 0.4) is 0 Å². The van der Waals surface area contributed by atoms with Gasteiger partial charge in [0.1, 0.15) is 0 Å². The topological polar surface area (TPSA) is 72.3 Å². The van der Waals surface area contributed by atoms with Gasteiger partial charge in [-0.3, -0.25) is 9.48 Å². The zero-order valence-electron chi connectivity index (χ0n) is 19.0. The number of rotatable bonds is 8. The van der Waals surface area contributed by atoms with Crippen molar-refractivity contribution in [2.45, 2.75) is 59.5 Å². The highest BCUT2D eigenvalue weighted by Gasteiger charge is 2.33. The molecule has 1 fully saturated rings. The molecule has 3 rings (SSSR count). The van der Waals surface area contributed by atoms with Gasteiger partial charge >= 0.3 is 0 Å². The molecule has 2 heterocycles.